The van der Waals surface area contributed by atoms with Crippen molar-refractivity contribution in [2.24, 2.45) is 11.8 Å². The molecular formula is C20H21N5O2. The van der Waals surface area contributed by atoms with Gasteiger partial charge in [-0.05, 0) is 36.1 Å². The Labute approximate surface area is 157 Å². The standard InChI is InChI=1S/C20H21N5O2/c26-20(21-16-5-2-1-3-6-16)19-23-22-18-9-14-10-24(11-15(14)12-25(18)19)13-17-7-4-8-27-17/h1-8,14-15H,9-13H2,(H,21,26)/t14-,15-/m0/s1. The van der Waals surface area contributed by atoms with Gasteiger partial charge in [-0.3, -0.25) is 9.69 Å². The largest absolute Gasteiger partial charge is 0.468 e. The minimum absolute atomic E-state index is 0.205. The fourth-order valence-electron chi connectivity index (χ4n) is 4.25. The van der Waals surface area contributed by atoms with Gasteiger partial charge in [-0.2, -0.15) is 0 Å². The second-order valence-corrected chi connectivity index (χ2v) is 7.37. The van der Waals surface area contributed by atoms with E-state index in [1.165, 1.54) is 0 Å². The van der Waals surface area contributed by atoms with Crippen LogP contribution in [0.3, 0.4) is 0 Å². The molecule has 4 heterocycles. The second-order valence-electron chi connectivity index (χ2n) is 7.37. The number of likely N-dealkylation sites (tertiary alicyclic amines) is 1. The lowest BCUT2D eigenvalue weighted by Crippen LogP contribution is -2.31. The van der Waals surface area contributed by atoms with E-state index < -0.39 is 0 Å². The molecule has 1 N–H and O–H groups in total. The third kappa shape index (κ3) is 3.14. The average molecular weight is 363 g/mol. The lowest BCUT2D eigenvalue weighted by Gasteiger charge is -2.25. The molecule has 27 heavy (non-hydrogen) atoms. The lowest BCUT2D eigenvalue weighted by atomic mass is 9.89. The van der Waals surface area contributed by atoms with E-state index in [0.29, 0.717) is 17.7 Å². The molecular weight excluding hydrogens is 342 g/mol. The molecule has 1 aromatic carbocycles. The number of benzene rings is 1. The average Bonchev–Trinajstić information content (AvgIpc) is 3.40. The minimum Gasteiger partial charge on any atom is -0.468 e. The van der Waals surface area contributed by atoms with E-state index in [1.807, 2.05) is 47.0 Å². The number of rotatable bonds is 4. The zero-order valence-electron chi connectivity index (χ0n) is 14.9. The molecule has 2 atom stereocenters. The monoisotopic (exact) mass is 363 g/mol. The number of furan rings is 1. The lowest BCUT2D eigenvalue weighted by molar-refractivity contribution is 0.100. The summed E-state index contributed by atoms with van der Waals surface area (Å²) in [7, 11) is 0. The summed E-state index contributed by atoms with van der Waals surface area (Å²) >= 11 is 0. The molecule has 2 aliphatic rings. The van der Waals surface area contributed by atoms with Crippen LogP contribution in [0.1, 0.15) is 22.2 Å². The van der Waals surface area contributed by atoms with Crippen LogP contribution in [0.5, 0.6) is 0 Å². The van der Waals surface area contributed by atoms with E-state index in [-0.39, 0.29) is 5.91 Å². The molecule has 2 aliphatic heterocycles. The van der Waals surface area contributed by atoms with Crippen molar-refractivity contribution in [2.45, 2.75) is 19.5 Å². The fraction of sp³-hybridized carbons (Fsp3) is 0.350. The summed E-state index contributed by atoms with van der Waals surface area (Å²) in [6.45, 7) is 3.66. The third-order valence-corrected chi connectivity index (χ3v) is 5.54. The summed E-state index contributed by atoms with van der Waals surface area (Å²) < 4.78 is 7.48. The van der Waals surface area contributed by atoms with Crippen molar-refractivity contribution in [1.29, 1.82) is 0 Å². The van der Waals surface area contributed by atoms with Crippen molar-refractivity contribution in [2.75, 3.05) is 18.4 Å². The van der Waals surface area contributed by atoms with E-state index in [4.69, 9.17) is 4.42 Å². The highest BCUT2D eigenvalue weighted by Crippen LogP contribution is 2.33. The summed E-state index contributed by atoms with van der Waals surface area (Å²) in [4.78, 5) is 15.1. The number of fused-ring (bicyclic) bond motifs is 2. The summed E-state index contributed by atoms with van der Waals surface area (Å²) in [5, 5.41) is 11.4. The molecule has 0 unspecified atom stereocenters. The summed E-state index contributed by atoms with van der Waals surface area (Å²) in [5.74, 6) is 3.17. The Morgan fingerprint density at radius 3 is 2.74 bits per heavy atom. The highest BCUT2D eigenvalue weighted by Gasteiger charge is 2.39. The fourth-order valence-corrected chi connectivity index (χ4v) is 4.25. The molecule has 1 saturated heterocycles. The first-order valence-corrected chi connectivity index (χ1v) is 9.29. The predicted octanol–water partition coefficient (Wildman–Crippen LogP) is 2.43. The van der Waals surface area contributed by atoms with Crippen LogP contribution in [-0.2, 0) is 19.5 Å². The summed E-state index contributed by atoms with van der Waals surface area (Å²) in [6, 6.07) is 13.4. The number of hydrogen-bond donors (Lipinski definition) is 1. The van der Waals surface area contributed by atoms with Gasteiger partial charge >= 0.3 is 0 Å². The van der Waals surface area contributed by atoms with Crippen LogP contribution in [0.15, 0.2) is 53.1 Å². The maximum atomic E-state index is 12.7. The van der Waals surface area contributed by atoms with E-state index in [1.54, 1.807) is 6.26 Å². The van der Waals surface area contributed by atoms with Crippen LogP contribution < -0.4 is 5.32 Å². The number of carbonyl (C=O) groups is 1. The first kappa shape index (κ1) is 16.3. The zero-order chi connectivity index (χ0) is 18.2. The Balaban J connectivity index is 1.30. The normalized spacial score (nSPS) is 21.6. The molecule has 0 bridgehead atoms. The first-order valence-electron chi connectivity index (χ1n) is 9.29. The molecule has 5 rings (SSSR count). The van der Waals surface area contributed by atoms with E-state index in [0.717, 1.165) is 49.9 Å². The number of amides is 1. The molecule has 0 radical (unpaired) electrons. The topological polar surface area (TPSA) is 76.2 Å². The Kier molecular flexibility index (Phi) is 4.01. The second kappa shape index (κ2) is 6.66. The highest BCUT2D eigenvalue weighted by molar-refractivity contribution is 6.01. The number of anilines is 1. The van der Waals surface area contributed by atoms with E-state index >= 15 is 0 Å². The SMILES string of the molecule is O=C(Nc1ccccc1)c1nnc2n1C[C@@H]1CN(Cc3ccco3)C[C@@H]1C2. The molecule has 0 saturated carbocycles. The van der Waals surface area contributed by atoms with Crippen LogP contribution in [0.25, 0.3) is 0 Å². The number of aromatic nitrogens is 3. The Hall–Kier alpha value is -2.93. The third-order valence-electron chi connectivity index (χ3n) is 5.54. The molecule has 0 spiro atoms. The van der Waals surface area contributed by atoms with Crippen LogP contribution in [0.4, 0.5) is 5.69 Å². The Bertz CT molecular complexity index is 935. The molecule has 3 aromatic rings. The van der Waals surface area contributed by atoms with Gasteiger partial charge in [0.25, 0.3) is 5.91 Å². The minimum atomic E-state index is -0.205. The van der Waals surface area contributed by atoms with Gasteiger partial charge in [0.05, 0.1) is 12.8 Å². The zero-order valence-corrected chi connectivity index (χ0v) is 14.9. The van der Waals surface area contributed by atoms with Gasteiger partial charge in [-0.15, -0.1) is 10.2 Å². The Morgan fingerprint density at radius 1 is 1.07 bits per heavy atom. The maximum absolute atomic E-state index is 12.7. The quantitative estimate of drug-likeness (QED) is 0.770. The van der Waals surface area contributed by atoms with Gasteiger partial charge in [0.2, 0.25) is 5.82 Å². The number of hydrogen-bond acceptors (Lipinski definition) is 5. The van der Waals surface area contributed by atoms with Crippen LogP contribution in [0, 0.1) is 11.8 Å². The molecule has 1 fully saturated rings. The van der Waals surface area contributed by atoms with Gasteiger partial charge in [0, 0.05) is 31.7 Å². The molecule has 138 valence electrons. The molecule has 7 heteroatoms. The van der Waals surface area contributed by atoms with Crippen molar-refractivity contribution in [3.8, 4) is 0 Å². The number of nitrogens with zero attached hydrogens (tertiary/aromatic N) is 4. The summed E-state index contributed by atoms with van der Waals surface area (Å²) in [5.41, 5.74) is 0.763. The van der Waals surface area contributed by atoms with Crippen LogP contribution in [0.2, 0.25) is 0 Å². The Morgan fingerprint density at radius 2 is 1.93 bits per heavy atom. The van der Waals surface area contributed by atoms with Gasteiger partial charge in [0.15, 0.2) is 0 Å². The van der Waals surface area contributed by atoms with E-state index in [2.05, 4.69) is 20.4 Å². The van der Waals surface area contributed by atoms with Crippen molar-refractivity contribution >= 4 is 11.6 Å². The number of nitrogens with one attached hydrogen (secondary N) is 1. The number of carbonyl (C=O) groups excluding carboxylic acids is 1. The summed E-state index contributed by atoms with van der Waals surface area (Å²) in [6.07, 6.45) is 2.59. The van der Waals surface area contributed by atoms with Gasteiger partial charge in [-0.1, -0.05) is 18.2 Å². The van der Waals surface area contributed by atoms with Crippen molar-refractivity contribution in [3.63, 3.8) is 0 Å². The smallest absolute Gasteiger partial charge is 0.293 e. The van der Waals surface area contributed by atoms with Crippen LogP contribution in [-0.4, -0.2) is 38.7 Å². The number of para-hydroxylation sites is 1. The maximum Gasteiger partial charge on any atom is 0.293 e. The van der Waals surface area contributed by atoms with Gasteiger partial charge in [-0.25, -0.2) is 0 Å². The molecule has 0 aliphatic carbocycles. The van der Waals surface area contributed by atoms with Gasteiger partial charge < -0.3 is 14.3 Å². The van der Waals surface area contributed by atoms with Crippen LogP contribution >= 0.6 is 0 Å². The highest BCUT2D eigenvalue weighted by atomic mass is 16.3. The van der Waals surface area contributed by atoms with Crippen molar-refractivity contribution in [1.82, 2.24) is 19.7 Å². The van der Waals surface area contributed by atoms with E-state index in [9.17, 15) is 4.79 Å². The van der Waals surface area contributed by atoms with Crippen molar-refractivity contribution < 1.29 is 9.21 Å². The first-order chi connectivity index (χ1) is 13.3. The molecule has 1 amide bonds. The van der Waals surface area contributed by atoms with Gasteiger partial charge in [0.1, 0.15) is 11.6 Å². The molecule has 7 nitrogen and oxygen atoms in total. The molecule has 2 aromatic heterocycles. The van der Waals surface area contributed by atoms with Crippen molar-refractivity contribution in [3.05, 3.63) is 66.1 Å². The predicted molar refractivity (Wildman–Crippen MR) is 99.1 cm³/mol.